The Kier molecular flexibility index (Phi) is 16.3. The number of aliphatic hydroxyl groups is 1. The molecular weight excluding hydrogens is 823 g/mol. The number of likely N-dealkylation sites (N-methyl/N-ethyl adjacent to an activating group) is 1. The maximum Gasteiger partial charge on any atom is 0.407 e. The molecule has 3 aromatic carbocycles. The molecule has 0 radical (unpaired) electrons. The van der Waals surface area contributed by atoms with E-state index >= 15 is 0 Å². The average molecular weight is 896 g/mol. The number of hydrogen-bond donors (Lipinski definition) is 5. The molecular formula is C51H73N7O7. The first-order valence-electron chi connectivity index (χ1n) is 23.1. The lowest BCUT2D eigenvalue weighted by molar-refractivity contribution is -0.183. The predicted molar refractivity (Wildman–Crippen MR) is 255 cm³/mol. The Morgan fingerprint density at radius 2 is 1.72 bits per heavy atom. The highest BCUT2D eigenvalue weighted by Crippen LogP contribution is 2.61. The fraction of sp³-hybridized carbons (Fsp3) is 0.549. The van der Waals surface area contributed by atoms with Gasteiger partial charge in [0.25, 0.3) is 5.91 Å². The molecule has 0 spiro atoms. The number of hydroxylamine groups is 2. The number of nitrogens with one attached hydrogen (secondary N) is 4. The van der Waals surface area contributed by atoms with Crippen molar-refractivity contribution in [3.05, 3.63) is 95.7 Å². The Bertz CT molecular complexity index is 2130. The topological polar surface area (TPSA) is 157 Å². The molecule has 7 rings (SSSR count). The summed E-state index contributed by atoms with van der Waals surface area (Å²) in [7, 11) is 9.48. The van der Waals surface area contributed by atoms with Gasteiger partial charge in [-0.25, -0.2) is 4.79 Å². The number of carbonyl (C=O) groups excluding carboxylic acids is 3. The number of carbonyl (C=O) groups is 3. The number of hydrogen-bond acceptors (Lipinski definition) is 11. The van der Waals surface area contributed by atoms with E-state index in [4.69, 9.17) is 14.3 Å². The molecule has 14 nitrogen and oxygen atoms in total. The summed E-state index contributed by atoms with van der Waals surface area (Å²) in [5.41, 5.74) is 5.75. The standard InChI is InChI=1S/C51H73N7O7/c1-31(2)52-20-21-53-50(62)64-33(4)45-44(30-59)65-58(46(45)49(61)55-43-27-38-26-42(32(43)3)51(38,5)6)28-35-18-15-19-41(47(35)63-11)36-23-37(25-40(24-36)57(9)10)48(60)54-39(29-56(7)8)22-34-16-13-12-14-17-34/h12-19,23-25,32-33,38-39,42-46,52,59H,1,20-22,26-30H2,2-11H3,(H,53,62)(H,54,60)(H,55,61)/t32-,33-,38+,39-,42-,43-,44-,45+,46-/m0/s1. The highest BCUT2D eigenvalue weighted by atomic mass is 16.7. The third-order valence-corrected chi connectivity index (χ3v) is 14.0. The van der Waals surface area contributed by atoms with E-state index in [9.17, 15) is 19.5 Å². The minimum Gasteiger partial charge on any atom is -0.496 e. The van der Waals surface area contributed by atoms with Gasteiger partial charge in [0.1, 0.15) is 24.0 Å². The third-order valence-electron chi connectivity index (χ3n) is 14.0. The van der Waals surface area contributed by atoms with Crippen molar-refractivity contribution < 1.29 is 33.8 Å². The van der Waals surface area contributed by atoms with Crippen molar-refractivity contribution in [1.29, 1.82) is 0 Å². The van der Waals surface area contributed by atoms with E-state index in [2.05, 4.69) is 65.6 Å². The van der Waals surface area contributed by atoms with Gasteiger partial charge in [0.2, 0.25) is 5.91 Å². The number of anilines is 1. The number of allylic oxidation sites excluding steroid dienone is 1. The molecule has 9 atom stereocenters. The van der Waals surface area contributed by atoms with Crippen molar-refractivity contribution in [2.24, 2.45) is 29.1 Å². The quantitative estimate of drug-likeness (QED) is 0.0868. The molecule has 5 N–H and O–H groups in total. The Morgan fingerprint density at radius 3 is 2.35 bits per heavy atom. The van der Waals surface area contributed by atoms with Crippen LogP contribution in [0.1, 0.15) is 68.9 Å². The van der Waals surface area contributed by atoms with E-state index in [1.54, 1.807) is 19.1 Å². The Balaban J connectivity index is 1.29. The Hall–Kier alpha value is -5.15. The van der Waals surface area contributed by atoms with Crippen molar-refractivity contribution in [1.82, 2.24) is 31.2 Å². The molecule has 2 bridgehead atoms. The van der Waals surface area contributed by atoms with Crippen molar-refractivity contribution >= 4 is 23.6 Å². The monoisotopic (exact) mass is 896 g/mol. The number of rotatable bonds is 20. The smallest absolute Gasteiger partial charge is 0.407 e. The van der Waals surface area contributed by atoms with Crippen molar-refractivity contribution in [2.75, 3.05) is 66.4 Å². The van der Waals surface area contributed by atoms with Gasteiger partial charge in [0, 0.05) is 73.9 Å². The van der Waals surface area contributed by atoms with E-state index in [0.29, 0.717) is 49.2 Å². The molecule has 0 aromatic heterocycles. The van der Waals surface area contributed by atoms with Crippen LogP contribution in [0.2, 0.25) is 0 Å². The summed E-state index contributed by atoms with van der Waals surface area (Å²) in [5.74, 6) is 0.712. The van der Waals surface area contributed by atoms with Crippen LogP contribution < -0.4 is 30.9 Å². The normalized spacial score (nSPS) is 24.3. The Labute approximate surface area is 386 Å². The summed E-state index contributed by atoms with van der Waals surface area (Å²) in [5, 5.41) is 24.9. The van der Waals surface area contributed by atoms with Crippen molar-refractivity contribution in [3.63, 3.8) is 0 Å². The number of methoxy groups -OCH3 is 1. The van der Waals surface area contributed by atoms with Gasteiger partial charge in [0.15, 0.2) is 0 Å². The maximum atomic E-state index is 14.8. The fourth-order valence-corrected chi connectivity index (χ4v) is 10.5. The molecule has 3 amide bonds. The number of amides is 3. The molecule has 4 fully saturated rings. The lowest BCUT2D eigenvalue weighted by Gasteiger charge is -2.62. The molecule has 65 heavy (non-hydrogen) atoms. The number of alkyl carbamates (subject to hydrolysis) is 1. The van der Waals surface area contributed by atoms with Crippen molar-refractivity contribution in [3.8, 4) is 16.9 Å². The van der Waals surface area contributed by atoms with Gasteiger partial charge in [0.05, 0.1) is 26.2 Å². The minimum atomic E-state index is -0.926. The van der Waals surface area contributed by atoms with Crippen LogP contribution in [0.4, 0.5) is 10.5 Å². The minimum absolute atomic E-state index is 0.0278. The van der Waals surface area contributed by atoms with Gasteiger partial charge < -0.3 is 45.6 Å². The maximum absolute atomic E-state index is 14.8. The van der Waals surface area contributed by atoms with E-state index in [0.717, 1.165) is 40.1 Å². The van der Waals surface area contributed by atoms with Crippen LogP contribution in [0.5, 0.6) is 5.75 Å². The van der Waals surface area contributed by atoms with Crippen molar-refractivity contribution in [2.45, 2.75) is 90.8 Å². The van der Waals surface area contributed by atoms with Gasteiger partial charge >= 0.3 is 6.09 Å². The summed E-state index contributed by atoms with van der Waals surface area (Å²) in [6, 6.07) is 20.7. The second-order valence-corrected chi connectivity index (χ2v) is 19.5. The lowest BCUT2D eigenvalue weighted by atomic mass is 9.45. The molecule has 1 saturated heterocycles. The van der Waals surface area contributed by atoms with Crippen LogP contribution in [0, 0.1) is 29.1 Å². The molecule has 354 valence electrons. The van der Waals surface area contributed by atoms with Crippen LogP contribution in [0.3, 0.4) is 0 Å². The summed E-state index contributed by atoms with van der Waals surface area (Å²) >= 11 is 0. The average Bonchev–Trinajstić information content (AvgIpc) is 3.63. The predicted octanol–water partition coefficient (Wildman–Crippen LogP) is 5.85. The van der Waals surface area contributed by atoms with Crippen LogP contribution in [0.15, 0.2) is 79.0 Å². The summed E-state index contributed by atoms with van der Waals surface area (Å²) in [4.78, 5) is 52.6. The van der Waals surface area contributed by atoms with Crippen LogP contribution in [-0.4, -0.2) is 125 Å². The van der Waals surface area contributed by atoms with E-state index in [-0.39, 0.29) is 41.8 Å². The van der Waals surface area contributed by atoms with Gasteiger partial charge in [-0.1, -0.05) is 75.9 Å². The number of benzene rings is 3. The molecule has 14 heteroatoms. The highest BCUT2D eigenvalue weighted by Gasteiger charge is 2.57. The SMILES string of the molecule is C=C(C)NCCNC(=O)O[C@@H](C)[C@@H]1[C@H](CO)ON(Cc2cccc(-c3cc(C(=O)N[C@@H](Cc4ccccc4)CN(C)C)cc(N(C)C)c3)c2OC)[C@@H]1C(=O)N[C@H]1C[C@H]2C[C@@H]([C@@H]1C)C2(C)C. The first-order valence-corrected chi connectivity index (χ1v) is 23.1. The lowest BCUT2D eigenvalue weighted by Crippen LogP contribution is -2.62. The molecule has 3 aromatic rings. The largest absolute Gasteiger partial charge is 0.496 e. The number of ether oxygens (including phenoxy) is 2. The number of nitrogens with zero attached hydrogens (tertiary/aromatic N) is 3. The number of aliphatic hydroxyl groups excluding tert-OH is 1. The molecule has 3 saturated carbocycles. The molecule has 0 unspecified atom stereocenters. The second kappa shape index (κ2) is 21.4. The molecule has 1 aliphatic heterocycles. The zero-order valence-corrected chi connectivity index (χ0v) is 40.1. The molecule has 4 aliphatic rings. The van der Waals surface area contributed by atoms with Gasteiger partial charge in [-0.2, -0.15) is 5.06 Å². The van der Waals surface area contributed by atoms with Gasteiger partial charge in [-0.05, 0) is 99.7 Å². The summed E-state index contributed by atoms with van der Waals surface area (Å²) < 4.78 is 12.1. The van der Waals surface area contributed by atoms with Crippen LogP contribution in [0.25, 0.3) is 11.1 Å². The highest BCUT2D eigenvalue weighted by molar-refractivity contribution is 5.97. The third kappa shape index (κ3) is 11.6. The first kappa shape index (κ1) is 49.3. The van der Waals surface area contributed by atoms with E-state index < -0.39 is 36.9 Å². The molecule has 1 heterocycles. The Morgan fingerprint density at radius 1 is 1.00 bits per heavy atom. The number of fused-ring (bicyclic) bond motifs is 2. The molecule has 3 aliphatic carbocycles. The summed E-state index contributed by atoms with van der Waals surface area (Å²) in [6.45, 7) is 15.4. The van der Waals surface area contributed by atoms with E-state index in [1.165, 1.54) is 6.42 Å². The van der Waals surface area contributed by atoms with Gasteiger partial charge in [-0.15, -0.1) is 0 Å². The zero-order chi connectivity index (χ0) is 47.2. The fourth-order valence-electron chi connectivity index (χ4n) is 10.5. The van der Waals surface area contributed by atoms with E-state index in [1.807, 2.05) is 94.6 Å². The first-order chi connectivity index (χ1) is 30.9. The number of para-hydroxylation sites is 1. The van der Waals surface area contributed by atoms with Crippen LogP contribution in [-0.2, 0) is 27.3 Å². The van der Waals surface area contributed by atoms with Gasteiger partial charge in [-0.3, -0.25) is 14.4 Å². The second-order valence-electron chi connectivity index (χ2n) is 19.5. The zero-order valence-electron chi connectivity index (χ0n) is 40.1. The summed E-state index contributed by atoms with van der Waals surface area (Å²) in [6.07, 6.45) is 0.443. The van der Waals surface area contributed by atoms with Crippen LogP contribution >= 0.6 is 0 Å².